The van der Waals surface area contributed by atoms with Crippen molar-refractivity contribution in [1.29, 1.82) is 0 Å². The van der Waals surface area contributed by atoms with Gasteiger partial charge in [0.2, 0.25) is 0 Å². The zero-order valence-corrected chi connectivity index (χ0v) is 10.8. The molecule has 0 saturated carbocycles. The van der Waals surface area contributed by atoms with Crippen molar-refractivity contribution < 1.29 is 14.3 Å². The van der Waals surface area contributed by atoms with Crippen LogP contribution in [-0.2, 0) is 11.2 Å². The first-order chi connectivity index (χ1) is 8.97. The van der Waals surface area contributed by atoms with Crippen LogP contribution in [0.5, 0.6) is 0 Å². The molecule has 0 bridgehead atoms. The van der Waals surface area contributed by atoms with E-state index in [0.717, 1.165) is 5.69 Å². The lowest BCUT2D eigenvalue weighted by molar-refractivity contribution is -0.136. The molecule has 4 nitrogen and oxygen atoms in total. The Morgan fingerprint density at radius 2 is 2.16 bits per heavy atom. The average molecular weight is 262 g/mol. The second kappa shape index (κ2) is 5.22. The van der Waals surface area contributed by atoms with Crippen molar-refractivity contribution in [3.8, 4) is 5.69 Å². The van der Waals surface area contributed by atoms with Crippen LogP contribution in [0.1, 0.15) is 31.2 Å². The highest BCUT2D eigenvalue weighted by atomic mass is 19.1. The predicted molar refractivity (Wildman–Crippen MR) is 69.0 cm³/mol. The first kappa shape index (κ1) is 13.3. The lowest BCUT2D eigenvalue weighted by Crippen LogP contribution is -2.05. The first-order valence-electron chi connectivity index (χ1n) is 6.04. The number of aromatic nitrogens is 2. The summed E-state index contributed by atoms with van der Waals surface area (Å²) in [5, 5.41) is 13.1. The van der Waals surface area contributed by atoms with Crippen molar-refractivity contribution in [3.63, 3.8) is 0 Å². The van der Waals surface area contributed by atoms with Gasteiger partial charge in [-0.05, 0) is 30.2 Å². The highest BCUT2D eigenvalue weighted by Crippen LogP contribution is 2.21. The van der Waals surface area contributed by atoms with Crippen LogP contribution in [0.4, 0.5) is 4.39 Å². The zero-order valence-electron chi connectivity index (χ0n) is 10.8. The Kier molecular flexibility index (Phi) is 3.64. The highest BCUT2D eigenvalue weighted by molar-refractivity contribution is 5.69. The van der Waals surface area contributed by atoms with E-state index in [1.165, 1.54) is 12.1 Å². The fraction of sp³-hybridized carbons (Fsp3) is 0.286. The van der Waals surface area contributed by atoms with Crippen molar-refractivity contribution in [1.82, 2.24) is 9.78 Å². The lowest BCUT2D eigenvalue weighted by Gasteiger charge is -2.09. The molecule has 0 spiro atoms. The number of carbonyl (C=O) groups is 1. The molecule has 0 atom stereocenters. The summed E-state index contributed by atoms with van der Waals surface area (Å²) in [4.78, 5) is 10.7. The number of hydrogen-bond donors (Lipinski definition) is 1. The molecule has 19 heavy (non-hydrogen) atoms. The minimum atomic E-state index is -0.931. The molecule has 0 radical (unpaired) electrons. The van der Waals surface area contributed by atoms with E-state index in [0.29, 0.717) is 11.4 Å². The Morgan fingerprint density at radius 3 is 2.74 bits per heavy atom. The Bertz CT molecular complexity index is 605. The summed E-state index contributed by atoms with van der Waals surface area (Å²) in [5.74, 6) is -1.11. The van der Waals surface area contributed by atoms with Crippen molar-refractivity contribution in [2.24, 2.45) is 0 Å². The molecule has 0 aliphatic rings. The molecular weight excluding hydrogens is 247 g/mol. The Hall–Kier alpha value is -2.17. The molecule has 1 aromatic carbocycles. The molecule has 1 heterocycles. The number of hydrogen-bond acceptors (Lipinski definition) is 2. The highest BCUT2D eigenvalue weighted by Gasteiger charge is 2.14. The fourth-order valence-electron chi connectivity index (χ4n) is 1.91. The number of carboxylic acids is 1. The maximum Gasteiger partial charge on any atom is 0.309 e. The van der Waals surface area contributed by atoms with Gasteiger partial charge in [-0.25, -0.2) is 9.07 Å². The fourth-order valence-corrected chi connectivity index (χ4v) is 1.91. The molecule has 0 saturated heterocycles. The van der Waals surface area contributed by atoms with E-state index < -0.39 is 5.97 Å². The number of aliphatic carboxylic acids is 1. The standard InChI is InChI=1S/C14H15FN2O2/c1-9(2)13-7-11(8-14(18)19)16-17(13)12-5-3-4-10(15)6-12/h3-7,9H,8H2,1-2H3,(H,18,19). The molecule has 0 unspecified atom stereocenters. The van der Waals surface area contributed by atoms with Crippen LogP contribution < -0.4 is 0 Å². The minimum Gasteiger partial charge on any atom is -0.481 e. The number of benzene rings is 1. The summed E-state index contributed by atoms with van der Waals surface area (Å²) in [6.45, 7) is 3.97. The molecule has 100 valence electrons. The number of nitrogens with zero attached hydrogens (tertiary/aromatic N) is 2. The number of halogens is 1. The molecule has 0 amide bonds. The maximum absolute atomic E-state index is 13.3. The molecule has 1 N–H and O–H groups in total. The molecule has 0 fully saturated rings. The van der Waals surface area contributed by atoms with Gasteiger partial charge in [-0.15, -0.1) is 0 Å². The Balaban J connectivity index is 2.48. The van der Waals surface area contributed by atoms with Crippen molar-refractivity contribution in [2.75, 3.05) is 0 Å². The van der Waals surface area contributed by atoms with Crippen molar-refractivity contribution in [2.45, 2.75) is 26.2 Å². The summed E-state index contributed by atoms with van der Waals surface area (Å²) in [5.41, 5.74) is 1.93. The van der Waals surface area contributed by atoms with Gasteiger partial charge in [0.1, 0.15) is 5.82 Å². The van der Waals surface area contributed by atoms with E-state index in [1.807, 2.05) is 13.8 Å². The van der Waals surface area contributed by atoms with Gasteiger partial charge in [0, 0.05) is 5.69 Å². The van der Waals surface area contributed by atoms with Gasteiger partial charge >= 0.3 is 5.97 Å². The average Bonchev–Trinajstić information content (AvgIpc) is 2.72. The van der Waals surface area contributed by atoms with E-state index in [2.05, 4.69) is 5.10 Å². The SMILES string of the molecule is CC(C)c1cc(CC(=O)O)nn1-c1cccc(F)c1. The molecule has 1 aromatic heterocycles. The second-order valence-electron chi connectivity index (χ2n) is 4.68. The van der Waals surface area contributed by atoms with Gasteiger partial charge in [-0.2, -0.15) is 5.10 Å². The van der Waals surface area contributed by atoms with Crippen molar-refractivity contribution >= 4 is 5.97 Å². The number of carboxylic acid groups (broad SMARTS) is 1. The van der Waals surface area contributed by atoms with Crippen LogP contribution in [0.15, 0.2) is 30.3 Å². The molecule has 2 rings (SSSR count). The summed E-state index contributed by atoms with van der Waals surface area (Å²) >= 11 is 0. The van der Waals surface area contributed by atoms with Crippen LogP contribution in [0.3, 0.4) is 0 Å². The molecule has 2 aromatic rings. The van der Waals surface area contributed by atoms with Crippen LogP contribution in [0, 0.1) is 5.82 Å². The normalized spacial score (nSPS) is 10.9. The smallest absolute Gasteiger partial charge is 0.309 e. The van der Waals surface area contributed by atoms with E-state index in [9.17, 15) is 9.18 Å². The maximum atomic E-state index is 13.3. The predicted octanol–water partition coefficient (Wildman–Crippen LogP) is 2.76. The topological polar surface area (TPSA) is 55.1 Å². The van der Waals surface area contributed by atoms with E-state index in [1.54, 1.807) is 22.9 Å². The van der Waals surface area contributed by atoms with E-state index >= 15 is 0 Å². The monoisotopic (exact) mass is 262 g/mol. The third kappa shape index (κ3) is 2.99. The third-order valence-corrected chi connectivity index (χ3v) is 2.76. The van der Waals surface area contributed by atoms with Crippen LogP contribution in [0.2, 0.25) is 0 Å². The molecule has 0 aliphatic carbocycles. The lowest BCUT2D eigenvalue weighted by atomic mass is 10.1. The Morgan fingerprint density at radius 1 is 1.42 bits per heavy atom. The van der Waals surface area contributed by atoms with E-state index in [-0.39, 0.29) is 18.2 Å². The van der Waals surface area contributed by atoms with Crippen LogP contribution in [0.25, 0.3) is 5.69 Å². The largest absolute Gasteiger partial charge is 0.481 e. The zero-order chi connectivity index (χ0) is 14.0. The van der Waals surface area contributed by atoms with Gasteiger partial charge in [0.25, 0.3) is 0 Å². The summed E-state index contributed by atoms with van der Waals surface area (Å²) < 4.78 is 14.9. The third-order valence-electron chi connectivity index (χ3n) is 2.76. The molecular formula is C14H15FN2O2. The summed E-state index contributed by atoms with van der Waals surface area (Å²) in [7, 11) is 0. The second-order valence-corrected chi connectivity index (χ2v) is 4.68. The van der Waals surface area contributed by atoms with Gasteiger partial charge in [-0.3, -0.25) is 4.79 Å². The molecule has 0 aliphatic heterocycles. The summed E-state index contributed by atoms with van der Waals surface area (Å²) in [6.07, 6.45) is -0.137. The van der Waals surface area contributed by atoms with Gasteiger partial charge in [-0.1, -0.05) is 19.9 Å². The van der Waals surface area contributed by atoms with Gasteiger partial charge < -0.3 is 5.11 Å². The van der Waals surface area contributed by atoms with Crippen molar-refractivity contribution in [3.05, 3.63) is 47.5 Å². The van der Waals surface area contributed by atoms with Crippen LogP contribution >= 0.6 is 0 Å². The first-order valence-corrected chi connectivity index (χ1v) is 6.04. The Labute approximate surface area is 110 Å². The quantitative estimate of drug-likeness (QED) is 0.921. The molecule has 5 heteroatoms. The van der Waals surface area contributed by atoms with Gasteiger partial charge in [0.15, 0.2) is 0 Å². The van der Waals surface area contributed by atoms with E-state index in [4.69, 9.17) is 5.11 Å². The van der Waals surface area contributed by atoms with Gasteiger partial charge in [0.05, 0.1) is 17.8 Å². The van der Waals surface area contributed by atoms with Crippen LogP contribution in [-0.4, -0.2) is 20.9 Å². The summed E-state index contributed by atoms with van der Waals surface area (Å²) in [6, 6.07) is 7.84. The minimum absolute atomic E-state index is 0.137. The number of rotatable bonds is 4.